The number of fused-ring (bicyclic) bond motifs is 1. The number of unbranched alkanes of at least 4 members (excludes halogenated alkanes) is 1. The number of carbonyl (C=O) groups excluding carboxylic acids is 1. The molecule has 5 atom stereocenters. The highest BCUT2D eigenvalue weighted by molar-refractivity contribution is 7.99. The Kier molecular flexibility index (Phi) is 9.50. The van der Waals surface area contributed by atoms with Crippen LogP contribution in [0.2, 0.25) is 0 Å². The number of nitrogens with zero attached hydrogens (tertiary/aromatic N) is 1. The summed E-state index contributed by atoms with van der Waals surface area (Å²) in [7, 11) is 0. The smallest absolute Gasteiger partial charge is 0.232 e. The Morgan fingerprint density at radius 3 is 2.90 bits per heavy atom. The van der Waals surface area contributed by atoms with Gasteiger partial charge in [-0.2, -0.15) is 11.8 Å². The highest BCUT2D eigenvalue weighted by Crippen LogP contribution is 2.48. The van der Waals surface area contributed by atoms with E-state index < -0.39 is 5.60 Å². The number of ether oxygens (including phenoxy) is 1. The van der Waals surface area contributed by atoms with Gasteiger partial charge in [-0.3, -0.25) is 4.79 Å². The zero-order valence-corrected chi connectivity index (χ0v) is 20.1. The minimum Gasteiger partial charge on any atom is -0.392 e. The van der Waals surface area contributed by atoms with E-state index in [9.17, 15) is 15.0 Å². The second kappa shape index (κ2) is 11.9. The number of carbonyl (C=O) groups is 1. The molecular weight excluding hydrogens is 410 g/mol. The van der Waals surface area contributed by atoms with Gasteiger partial charge in [-0.1, -0.05) is 43.6 Å². The number of aliphatic hydroxyl groups excluding tert-OH is 1. The molecule has 0 spiro atoms. The van der Waals surface area contributed by atoms with Crippen LogP contribution in [0.25, 0.3) is 0 Å². The van der Waals surface area contributed by atoms with Gasteiger partial charge in [0.05, 0.1) is 30.7 Å². The first-order valence-electron chi connectivity index (χ1n) is 12.1. The summed E-state index contributed by atoms with van der Waals surface area (Å²) in [6.45, 7) is 6.82. The molecule has 31 heavy (non-hydrogen) atoms. The van der Waals surface area contributed by atoms with Gasteiger partial charge < -0.3 is 19.8 Å². The van der Waals surface area contributed by atoms with Crippen LogP contribution in [0.3, 0.4) is 0 Å². The third kappa shape index (κ3) is 7.34. The zero-order chi connectivity index (χ0) is 22.3. The van der Waals surface area contributed by atoms with Crippen molar-refractivity contribution in [1.82, 2.24) is 4.90 Å². The van der Waals surface area contributed by atoms with Crippen LogP contribution in [0.4, 0.5) is 0 Å². The maximum absolute atomic E-state index is 12.2. The lowest BCUT2D eigenvalue weighted by Gasteiger charge is -2.26. The second-order valence-electron chi connectivity index (χ2n) is 9.77. The molecule has 3 aliphatic rings. The minimum absolute atomic E-state index is 0.191. The quantitative estimate of drug-likeness (QED) is 0.369. The van der Waals surface area contributed by atoms with Crippen molar-refractivity contribution in [3.63, 3.8) is 0 Å². The topological polar surface area (TPSA) is 70.0 Å². The Bertz CT molecular complexity index is 641. The normalized spacial score (nSPS) is 30.5. The van der Waals surface area contributed by atoms with Gasteiger partial charge in [-0.15, -0.1) is 0 Å². The Morgan fingerprint density at radius 1 is 1.39 bits per heavy atom. The molecule has 176 valence electrons. The third-order valence-electron chi connectivity index (χ3n) is 7.09. The fourth-order valence-electron chi connectivity index (χ4n) is 5.20. The lowest BCUT2D eigenvalue weighted by atomic mass is 9.88. The second-order valence-corrected chi connectivity index (χ2v) is 10.9. The van der Waals surface area contributed by atoms with Gasteiger partial charge in [0.25, 0.3) is 0 Å². The van der Waals surface area contributed by atoms with Crippen LogP contribution in [0.1, 0.15) is 58.8 Å². The molecule has 0 unspecified atom stereocenters. The van der Waals surface area contributed by atoms with E-state index in [0.717, 1.165) is 57.4 Å². The number of hydrogen-bond acceptors (Lipinski definition) is 5. The van der Waals surface area contributed by atoms with Crippen molar-refractivity contribution in [3.8, 4) is 0 Å². The van der Waals surface area contributed by atoms with Crippen LogP contribution >= 0.6 is 11.8 Å². The van der Waals surface area contributed by atoms with E-state index >= 15 is 0 Å². The molecule has 2 aliphatic carbocycles. The SMILES string of the molecule is CCCC[C@](C)(O)C/C=C/[C@@H]1[C@H]2CC(CCSCC(=O)N3CCOCC3)=C[C@H]2C[C@H]1O. The molecule has 2 N–H and O–H groups in total. The molecule has 1 amide bonds. The monoisotopic (exact) mass is 451 g/mol. The molecule has 1 heterocycles. The summed E-state index contributed by atoms with van der Waals surface area (Å²) in [4.78, 5) is 14.2. The van der Waals surface area contributed by atoms with Crippen LogP contribution in [-0.2, 0) is 9.53 Å². The molecule has 0 aromatic heterocycles. The lowest BCUT2D eigenvalue weighted by Crippen LogP contribution is -2.41. The van der Waals surface area contributed by atoms with Crippen molar-refractivity contribution in [2.75, 3.05) is 37.8 Å². The third-order valence-corrected chi connectivity index (χ3v) is 8.04. The zero-order valence-electron chi connectivity index (χ0n) is 19.3. The van der Waals surface area contributed by atoms with E-state index in [2.05, 4.69) is 25.2 Å². The first kappa shape index (κ1) is 24.8. The van der Waals surface area contributed by atoms with Crippen LogP contribution in [0.15, 0.2) is 23.8 Å². The molecule has 1 aliphatic heterocycles. The first-order chi connectivity index (χ1) is 14.9. The summed E-state index contributed by atoms with van der Waals surface area (Å²) in [6, 6.07) is 0. The van der Waals surface area contributed by atoms with E-state index in [-0.39, 0.29) is 17.9 Å². The van der Waals surface area contributed by atoms with Crippen molar-refractivity contribution in [2.24, 2.45) is 17.8 Å². The predicted octanol–water partition coefficient (Wildman–Crippen LogP) is 3.80. The van der Waals surface area contributed by atoms with Gasteiger partial charge in [0.2, 0.25) is 5.91 Å². The Labute approximate surface area is 192 Å². The molecule has 0 bridgehead atoms. The Hall–Kier alpha value is -0.820. The van der Waals surface area contributed by atoms with Gasteiger partial charge in [0.15, 0.2) is 0 Å². The molecular formula is C25H41NO4S. The fraction of sp³-hybridized carbons (Fsp3) is 0.800. The molecule has 3 rings (SSSR count). The molecule has 0 aromatic rings. The number of allylic oxidation sites excluding steroid dienone is 2. The first-order valence-corrected chi connectivity index (χ1v) is 13.2. The van der Waals surface area contributed by atoms with Crippen LogP contribution in [0.5, 0.6) is 0 Å². The molecule has 0 radical (unpaired) electrons. The number of hydrogen-bond donors (Lipinski definition) is 2. The van der Waals surface area contributed by atoms with Crippen LogP contribution in [-0.4, -0.2) is 70.5 Å². The summed E-state index contributed by atoms with van der Waals surface area (Å²) in [5, 5.41) is 21.1. The van der Waals surface area contributed by atoms with Gasteiger partial charge in [0, 0.05) is 19.0 Å². The molecule has 1 saturated heterocycles. The maximum atomic E-state index is 12.2. The highest BCUT2D eigenvalue weighted by atomic mass is 32.2. The lowest BCUT2D eigenvalue weighted by molar-refractivity contribution is -0.132. The van der Waals surface area contributed by atoms with E-state index in [4.69, 9.17) is 4.74 Å². The average molecular weight is 452 g/mol. The van der Waals surface area contributed by atoms with Crippen molar-refractivity contribution >= 4 is 17.7 Å². The van der Waals surface area contributed by atoms with E-state index in [1.165, 1.54) is 5.57 Å². The van der Waals surface area contributed by atoms with Crippen molar-refractivity contribution in [3.05, 3.63) is 23.8 Å². The number of rotatable bonds is 11. The molecule has 0 aromatic carbocycles. The standard InChI is InChI=1S/C25H41NO4S/c1-3-4-8-25(2,29)9-5-6-21-22-16-19(15-20(22)17-23(21)27)7-14-31-18-24(28)26-10-12-30-13-11-26/h5-6,15,20-23,27,29H,3-4,7-14,16-18H2,1-2H3/b6-5+/t20-,21+,22-,23+,25-/m0/s1. The number of morpholine rings is 1. The summed E-state index contributed by atoms with van der Waals surface area (Å²) in [5.41, 5.74) is 0.839. The Balaban J connectivity index is 1.39. The molecule has 2 fully saturated rings. The molecule has 6 heteroatoms. The summed E-state index contributed by atoms with van der Waals surface area (Å²) in [6.07, 6.45) is 12.9. The summed E-state index contributed by atoms with van der Waals surface area (Å²) >= 11 is 1.73. The van der Waals surface area contributed by atoms with Crippen LogP contribution < -0.4 is 0 Å². The highest BCUT2D eigenvalue weighted by Gasteiger charge is 2.43. The van der Waals surface area contributed by atoms with E-state index in [1.807, 2.05) is 11.8 Å². The van der Waals surface area contributed by atoms with Gasteiger partial charge in [-0.25, -0.2) is 0 Å². The fourth-order valence-corrected chi connectivity index (χ4v) is 6.10. The minimum atomic E-state index is -0.648. The number of aliphatic hydroxyl groups is 2. The van der Waals surface area contributed by atoms with Crippen molar-refractivity contribution in [1.29, 1.82) is 0 Å². The van der Waals surface area contributed by atoms with Crippen molar-refractivity contribution in [2.45, 2.75) is 70.5 Å². The number of thioether (sulfide) groups is 1. The van der Waals surface area contributed by atoms with E-state index in [1.54, 1.807) is 11.8 Å². The molecule has 1 saturated carbocycles. The molecule has 5 nitrogen and oxygen atoms in total. The summed E-state index contributed by atoms with van der Waals surface area (Å²) in [5.74, 6) is 2.92. The Morgan fingerprint density at radius 2 is 2.16 bits per heavy atom. The van der Waals surface area contributed by atoms with Crippen molar-refractivity contribution < 1.29 is 19.7 Å². The largest absolute Gasteiger partial charge is 0.392 e. The van der Waals surface area contributed by atoms with Gasteiger partial charge >= 0.3 is 0 Å². The van der Waals surface area contributed by atoms with Crippen LogP contribution in [0, 0.1) is 17.8 Å². The predicted molar refractivity (Wildman–Crippen MR) is 127 cm³/mol. The van der Waals surface area contributed by atoms with Gasteiger partial charge in [0.1, 0.15) is 0 Å². The summed E-state index contributed by atoms with van der Waals surface area (Å²) < 4.78 is 5.31. The maximum Gasteiger partial charge on any atom is 0.232 e. The average Bonchev–Trinajstić information content (AvgIpc) is 3.27. The van der Waals surface area contributed by atoms with E-state index in [0.29, 0.717) is 37.2 Å². The number of amides is 1. The van der Waals surface area contributed by atoms with Gasteiger partial charge in [-0.05, 0) is 56.6 Å².